The van der Waals surface area contributed by atoms with Crippen molar-refractivity contribution in [2.45, 2.75) is 62.7 Å². The predicted molar refractivity (Wildman–Crippen MR) is 95.2 cm³/mol. The van der Waals surface area contributed by atoms with E-state index in [-0.39, 0.29) is 13.2 Å². The molecule has 0 aliphatic heterocycles. The van der Waals surface area contributed by atoms with Crippen LogP contribution in [0, 0.1) is 0 Å². The molecular formula is C16H36O12. The summed E-state index contributed by atoms with van der Waals surface area (Å²) in [5.74, 6) is 0. The Hall–Kier alpha value is -0.480. The molecule has 0 amide bonds. The van der Waals surface area contributed by atoms with Crippen LogP contribution in [0.2, 0.25) is 0 Å². The summed E-state index contributed by atoms with van der Waals surface area (Å²) in [6.45, 7) is 1.94. The lowest BCUT2D eigenvalue weighted by molar-refractivity contribution is -0.163. The van der Waals surface area contributed by atoms with Gasteiger partial charge in [-0.25, -0.2) is 0 Å². The minimum absolute atomic E-state index is 0.0469. The van der Waals surface area contributed by atoms with Gasteiger partial charge < -0.3 is 60.5 Å². The van der Waals surface area contributed by atoms with Gasteiger partial charge in [0.1, 0.15) is 48.8 Å². The highest BCUT2D eigenvalue weighted by Crippen LogP contribution is 2.12. The second kappa shape index (κ2) is 17.4. The van der Waals surface area contributed by atoms with Crippen LogP contribution < -0.4 is 0 Å². The Labute approximate surface area is 163 Å². The molecule has 12 heteroatoms. The molecule has 0 aromatic carbocycles. The van der Waals surface area contributed by atoms with Crippen LogP contribution >= 0.6 is 0 Å². The molecule has 8 unspecified atom stereocenters. The van der Waals surface area contributed by atoms with E-state index >= 15 is 0 Å². The highest BCUT2D eigenvalue weighted by Gasteiger charge is 2.35. The molecule has 0 saturated heterocycles. The maximum absolute atomic E-state index is 9.59. The first-order valence-corrected chi connectivity index (χ1v) is 8.91. The Balaban J connectivity index is 0. The molecule has 0 aliphatic carbocycles. The average Bonchev–Trinajstić information content (AvgIpc) is 2.72. The van der Waals surface area contributed by atoms with Crippen LogP contribution in [0.5, 0.6) is 0 Å². The lowest BCUT2D eigenvalue weighted by atomic mass is 9.99. The van der Waals surface area contributed by atoms with E-state index in [2.05, 4.69) is 0 Å². The van der Waals surface area contributed by atoms with Crippen LogP contribution in [0.4, 0.5) is 0 Å². The van der Waals surface area contributed by atoms with E-state index in [1.807, 2.05) is 0 Å². The SMILES string of the molecule is CCOC(C(O)CO)C(O)C(O)C(O)CO.CCOCC(O)C(O)C(O)CO. The third-order valence-electron chi connectivity index (χ3n) is 3.66. The van der Waals surface area contributed by atoms with Gasteiger partial charge in [0.15, 0.2) is 0 Å². The van der Waals surface area contributed by atoms with Crippen molar-refractivity contribution in [2.75, 3.05) is 39.6 Å². The van der Waals surface area contributed by atoms with Crippen LogP contribution in [0.3, 0.4) is 0 Å². The summed E-state index contributed by atoms with van der Waals surface area (Å²) >= 11 is 0. The molecule has 12 nitrogen and oxygen atoms in total. The van der Waals surface area contributed by atoms with Gasteiger partial charge in [0.2, 0.25) is 0 Å². The molecule has 0 fully saturated rings. The van der Waals surface area contributed by atoms with Crippen molar-refractivity contribution in [1.82, 2.24) is 0 Å². The summed E-state index contributed by atoms with van der Waals surface area (Å²) in [4.78, 5) is 0. The first-order chi connectivity index (χ1) is 13.1. The smallest absolute Gasteiger partial charge is 0.114 e. The molecule has 0 bridgehead atoms. The molecule has 0 spiro atoms. The van der Waals surface area contributed by atoms with Gasteiger partial charge in [0, 0.05) is 13.2 Å². The Kier molecular flexibility index (Phi) is 18.5. The fourth-order valence-corrected chi connectivity index (χ4v) is 1.97. The van der Waals surface area contributed by atoms with Crippen LogP contribution in [-0.4, -0.2) is 140 Å². The summed E-state index contributed by atoms with van der Waals surface area (Å²) in [6, 6.07) is 0. The van der Waals surface area contributed by atoms with Crippen molar-refractivity contribution in [3.05, 3.63) is 0 Å². The van der Waals surface area contributed by atoms with Crippen LogP contribution in [0.15, 0.2) is 0 Å². The number of aliphatic hydroxyl groups excluding tert-OH is 10. The number of aliphatic hydroxyl groups is 10. The highest BCUT2D eigenvalue weighted by molar-refractivity contribution is 4.85. The third kappa shape index (κ3) is 11.5. The lowest BCUT2D eigenvalue weighted by Gasteiger charge is -2.30. The molecule has 0 radical (unpaired) electrons. The zero-order valence-electron chi connectivity index (χ0n) is 16.2. The molecule has 0 aromatic rings. The summed E-state index contributed by atoms with van der Waals surface area (Å²) in [6.07, 6.45) is -11.3. The number of hydrogen-bond acceptors (Lipinski definition) is 12. The molecule has 8 atom stereocenters. The first kappa shape index (κ1) is 29.7. The molecule has 10 N–H and O–H groups in total. The minimum atomic E-state index is -1.66. The normalized spacial score (nSPS) is 20.1. The van der Waals surface area contributed by atoms with E-state index in [9.17, 15) is 15.3 Å². The Morgan fingerprint density at radius 3 is 1.43 bits per heavy atom. The maximum Gasteiger partial charge on any atom is 0.114 e. The number of ether oxygens (including phenoxy) is 2. The van der Waals surface area contributed by atoms with Gasteiger partial charge in [-0.1, -0.05) is 0 Å². The zero-order valence-corrected chi connectivity index (χ0v) is 16.2. The van der Waals surface area contributed by atoms with E-state index < -0.39 is 68.7 Å². The van der Waals surface area contributed by atoms with E-state index in [4.69, 9.17) is 45.2 Å². The number of rotatable bonds is 14. The molecule has 0 heterocycles. The maximum atomic E-state index is 9.59. The quantitative estimate of drug-likeness (QED) is 0.127. The lowest BCUT2D eigenvalue weighted by Crippen LogP contribution is -2.52. The third-order valence-corrected chi connectivity index (χ3v) is 3.66. The zero-order chi connectivity index (χ0) is 22.3. The fraction of sp³-hybridized carbons (Fsp3) is 1.00. The minimum Gasteiger partial charge on any atom is -0.394 e. The Bertz CT molecular complexity index is 348. The van der Waals surface area contributed by atoms with Gasteiger partial charge in [-0.05, 0) is 13.8 Å². The van der Waals surface area contributed by atoms with Crippen LogP contribution in [-0.2, 0) is 9.47 Å². The van der Waals surface area contributed by atoms with Gasteiger partial charge in [-0.15, -0.1) is 0 Å². The summed E-state index contributed by atoms with van der Waals surface area (Å²) in [5.41, 5.74) is 0. The van der Waals surface area contributed by atoms with E-state index in [0.717, 1.165) is 0 Å². The second-order valence-electron chi connectivity index (χ2n) is 5.87. The topological polar surface area (TPSA) is 221 Å². The van der Waals surface area contributed by atoms with E-state index in [1.54, 1.807) is 13.8 Å². The van der Waals surface area contributed by atoms with Crippen molar-refractivity contribution < 1.29 is 60.5 Å². The largest absolute Gasteiger partial charge is 0.394 e. The van der Waals surface area contributed by atoms with Crippen LogP contribution in [0.25, 0.3) is 0 Å². The summed E-state index contributed by atoms with van der Waals surface area (Å²) in [7, 11) is 0. The predicted octanol–water partition coefficient (Wildman–Crippen LogP) is -5.08. The van der Waals surface area contributed by atoms with Gasteiger partial charge in [0.05, 0.1) is 26.4 Å². The van der Waals surface area contributed by atoms with Crippen molar-refractivity contribution >= 4 is 0 Å². The average molecular weight is 420 g/mol. The van der Waals surface area contributed by atoms with Crippen molar-refractivity contribution in [2.24, 2.45) is 0 Å². The van der Waals surface area contributed by atoms with Gasteiger partial charge >= 0.3 is 0 Å². The van der Waals surface area contributed by atoms with E-state index in [0.29, 0.717) is 6.61 Å². The molecule has 0 rings (SSSR count). The summed E-state index contributed by atoms with van der Waals surface area (Å²) < 4.78 is 9.77. The molecule has 0 saturated carbocycles. The Morgan fingerprint density at radius 1 is 0.571 bits per heavy atom. The first-order valence-electron chi connectivity index (χ1n) is 8.91. The van der Waals surface area contributed by atoms with Gasteiger partial charge in [-0.3, -0.25) is 0 Å². The highest BCUT2D eigenvalue weighted by atomic mass is 16.5. The van der Waals surface area contributed by atoms with Crippen molar-refractivity contribution in [3.63, 3.8) is 0 Å². The molecule has 172 valence electrons. The van der Waals surface area contributed by atoms with Crippen LogP contribution in [0.1, 0.15) is 13.8 Å². The number of hydrogen-bond donors (Lipinski definition) is 10. The standard InChI is InChI=1S/C9H20O7.C7H16O5/c1-2-16-9(6(13)4-11)8(15)7(14)5(12)3-10;1-2-12-4-6(10)7(11)5(9)3-8/h5-15H,2-4H2,1H3;5-11H,2-4H2,1H3. The van der Waals surface area contributed by atoms with Gasteiger partial charge in [-0.2, -0.15) is 0 Å². The monoisotopic (exact) mass is 420 g/mol. The summed E-state index contributed by atoms with van der Waals surface area (Å²) in [5, 5.41) is 90.2. The van der Waals surface area contributed by atoms with Gasteiger partial charge in [0.25, 0.3) is 0 Å². The second-order valence-corrected chi connectivity index (χ2v) is 5.87. The molecule has 28 heavy (non-hydrogen) atoms. The van der Waals surface area contributed by atoms with E-state index in [1.165, 1.54) is 0 Å². The molecular weight excluding hydrogens is 384 g/mol. The molecule has 0 aliphatic rings. The van der Waals surface area contributed by atoms with Crippen molar-refractivity contribution in [3.8, 4) is 0 Å². The molecule has 0 aromatic heterocycles. The fourth-order valence-electron chi connectivity index (χ4n) is 1.97. The van der Waals surface area contributed by atoms with Crippen molar-refractivity contribution in [1.29, 1.82) is 0 Å². The Morgan fingerprint density at radius 2 is 1.04 bits per heavy atom.